The van der Waals surface area contributed by atoms with Gasteiger partial charge < -0.3 is 23.7 Å². The molecule has 1 aromatic carbocycles. The Morgan fingerprint density at radius 2 is 1.40 bits per heavy atom. The van der Waals surface area contributed by atoms with Gasteiger partial charge in [-0.2, -0.15) is 0 Å². The van der Waals surface area contributed by atoms with Gasteiger partial charge in [0, 0.05) is 12.1 Å². The van der Waals surface area contributed by atoms with Crippen LogP contribution in [0, 0.1) is 0 Å². The minimum absolute atomic E-state index is 0.435. The summed E-state index contributed by atoms with van der Waals surface area (Å²) in [6.07, 6.45) is 2.79. The summed E-state index contributed by atoms with van der Waals surface area (Å²) in [5, 5.41) is 0. The molecular formula is C14H18O6. The van der Waals surface area contributed by atoms with Crippen LogP contribution < -0.4 is 18.9 Å². The van der Waals surface area contributed by atoms with Crippen molar-refractivity contribution in [3.05, 3.63) is 17.7 Å². The summed E-state index contributed by atoms with van der Waals surface area (Å²) in [6.45, 7) is 0. The van der Waals surface area contributed by atoms with Crippen LogP contribution >= 0.6 is 0 Å². The maximum atomic E-state index is 11.2. The number of hydrogen-bond acceptors (Lipinski definition) is 6. The molecule has 1 aromatic rings. The van der Waals surface area contributed by atoms with Crippen LogP contribution in [-0.2, 0) is 9.53 Å². The van der Waals surface area contributed by atoms with Crippen molar-refractivity contribution < 1.29 is 28.5 Å². The molecule has 0 radical (unpaired) electrons. The molecule has 1 rings (SSSR count). The van der Waals surface area contributed by atoms with Gasteiger partial charge in [0.2, 0.25) is 0 Å². The average Bonchev–Trinajstić information content (AvgIpc) is 2.50. The quantitative estimate of drug-likeness (QED) is 0.586. The molecule has 0 heterocycles. The first-order valence-electron chi connectivity index (χ1n) is 5.75. The SMILES string of the molecule is COC(=O)C=Cc1c(OC)c(OC)cc(OC)c1OC. The molecule has 0 aromatic heterocycles. The molecule has 0 saturated carbocycles. The zero-order chi connectivity index (χ0) is 15.1. The number of esters is 1. The van der Waals surface area contributed by atoms with Gasteiger partial charge >= 0.3 is 5.97 Å². The zero-order valence-corrected chi connectivity index (χ0v) is 12.2. The number of methoxy groups -OCH3 is 5. The second-order valence-corrected chi connectivity index (χ2v) is 3.62. The van der Waals surface area contributed by atoms with E-state index in [0.717, 1.165) is 0 Å². The highest BCUT2D eigenvalue weighted by molar-refractivity contribution is 5.89. The monoisotopic (exact) mass is 282 g/mol. The summed E-state index contributed by atoms with van der Waals surface area (Å²) >= 11 is 0. The van der Waals surface area contributed by atoms with E-state index in [1.54, 1.807) is 6.07 Å². The first-order valence-corrected chi connectivity index (χ1v) is 5.75. The van der Waals surface area contributed by atoms with Crippen molar-refractivity contribution >= 4 is 12.0 Å². The Morgan fingerprint density at radius 1 is 0.900 bits per heavy atom. The number of benzene rings is 1. The van der Waals surface area contributed by atoms with Gasteiger partial charge in [0.1, 0.15) is 0 Å². The van der Waals surface area contributed by atoms with E-state index in [-0.39, 0.29) is 0 Å². The van der Waals surface area contributed by atoms with Crippen molar-refractivity contribution in [2.45, 2.75) is 0 Å². The van der Waals surface area contributed by atoms with E-state index < -0.39 is 5.97 Å². The lowest BCUT2D eigenvalue weighted by Gasteiger charge is -2.17. The van der Waals surface area contributed by atoms with Crippen molar-refractivity contribution in [2.75, 3.05) is 35.5 Å². The number of ether oxygens (including phenoxy) is 5. The molecule has 6 heteroatoms. The molecule has 20 heavy (non-hydrogen) atoms. The van der Waals surface area contributed by atoms with Gasteiger partial charge in [0.05, 0.1) is 41.1 Å². The molecular weight excluding hydrogens is 264 g/mol. The third-order valence-corrected chi connectivity index (χ3v) is 2.63. The molecule has 0 spiro atoms. The van der Waals surface area contributed by atoms with Gasteiger partial charge in [-0.15, -0.1) is 0 Å². The van der Waals surface area contributed by atoms with Crippen molar-refractivity contribution in [3.8, 4) is 23.0 Å². The molecule has 0 fully saturated rings. The summed E-state index contributed by atoms with van der Waals surface area (Å²) < 4.78 is 25.7. The highest BCUT2D eigenvalue weighted by Crippen LogP contribution is 2.45. The van der Waals surface area contributed by atoms with E-state index in [1.165, 1.54) is 47.7 Å². The first-order chi connectivity index (χ1) is 9.62. The van der Waals surface area contributed by atoms with E-state index in [9.17, 15) is 4.79 Å². The molecule has 0 aliphatic carbocycles. The molecule has 0 atom stereocenters. The number of carbonyl (C=O) groups excluding carboxylic acids is 1. The maximum Gasteiger partial charge on any atom is 0.330 e. The number of carbonyl (C=O) groups is 1. The normalized spacial score (nSPS) is 10.2. The summed E-state index contributed by atoms with van der Waals surface area (Å²) in [4.78, 5) is 11.2. The highest BCUT2D eigenvalue weighted by Gasteiger charge is 2.19. The lowest BCUT2D eigenvalue weighted by atomic mass is 10.1. The summed E-state index contributed by atoms with van der Waals surface area (Å²) in [5.41, 5.74) is 0.525. The van der Waals surface area contributed by atoms with Gasteiger partial charge in [-0.05, 0) is 6.08 Å². The molecule has 0 bridgehead atoms. The lowest BCUT2D eigenvalue weighted by Crippen LogP contribution is -2.00. The van der Waals surface area contributed by atoms with Crippen molar-refractivity contribution in [3.63, 3.8) is 0 Å². The predicted molar refractivity (Wildman–Crippen MR) is 73.7 cm³/mol. The van der Waals surface area contributed by atoms with Crippen LogP contribution in [0.3, 0.4) is 0 Å². The van der Waals surface area contributed by atoms with Gasteiger partial charge in [-0.3, -0.25) is 0 Å². The Morgan fingerprint density at radius 3 is 1.75 bits per heavy atom. The molecule has 0 N–H and O–H groups in total. The van der Waals surface area contributed by atoms with Gasteiger partial charge in [-0.1, -0.05) is 0 Å². The number of hydrogen-bond donors (Lipinski definition) is 0. The molecule has 0 unspecified atom stereocenters. The van der Waals surface area contributed by atoms with E-state index >= 15 is 0 Å². The van der Waals surface area contributed by atoms with Crippen molar-refractivity contribution in [2.24, 2.45) is 0 Å². The fraction of sp³-hybridized carbons (Fsp3) is 0.357. The fourth-order valence-corrected chi connectivity index (χ4v) is 1.71. The van der Waals surface area contributed by atoms with E-state index in [4.69, 9.17) is 18.9 Å². The predicted octanol–water partition coefficient (Wildman–Crippen LogP) is 1.91. The van der Waals surface area contributed by atoms with Crippen LogP contribution in [0.4, 0.5) is 0 Å². The zero-order valence-electron chi connectivity index (χ0n) is 12.2. The second kappa shape index (κ2) is 7.28. The Hall–Kier alpha value is -2.37. The standard InChI is InChI=1S/C14H18O6/c1-16-10-8-11(17-2)14(20-5)9(13(10)19-4)6-7-12(15)18-3/h6-8H,1-5H3. The average molecular weight is 282 g/mol. The highest BCUT2D eigenvalue weighted by atomic mass is 16.5. The Kier molecular flexibility index (Phi) is 5.71. The minimum atomic E-state index is -0.490. The fourth-order valence-electron chi connectivity index (χ4n) is 1.71. The number of rotatable bonds is 6. The van der Waals surface area contributed by atoms with Crippen LogP contribution in [0.2, 0.25) is 0 Å². The van der Waals surface area contributed by atoms with Crippen LogP contribution in [-0.4, -0.2) is 41.5 Å². The van der Waals surface area contributed by atoms with Gasteiger partial charge in [0.15, 0.2) is 23.0 Å². The Balaban J connectivity index is 3.49. The summed E-state index contributed by atoms with van der Waals surface area (Å²) in [6, 6.07) is 1.65. The topological polar surface area (TPSA) is 63.2 Å². The molecule has 0 saturated heterocycles. The third kappa shape index (κ3) is 3.14. The van der Waals surface area contributed by atoms with Crippen LogP contribution in [0.5, 0.6) is 23.0 Å². The molecule has 0 amide bonds. The second-order valence-electron chi connectivity index (χ2n) is 3.62. The van der Waals surface area contributed by atoms with E-state index in [0.29, 0.717) is 28.6 Å². The summed E-state index contributed by atoms with van der Waals surface area (Å²) in [5.74, 6) is 1.32. The first kappa shape index (κ1) is 15.7. The van der Waals surface area contributed by atoms with Crippen molar-refractivity contribution in [1.82, 2.24) is 0 Å². The van der Waals surface area contributed by atoms with Gasteiger partial charge in [0.25, 0.3) is 0 Å². The Bertz CT molecular complexity index is 477. The van der Waals surface area contributed by atoms with Gasteiger partial charge in [-0.25, -0.2) is 4.79 Å². The van der Waals surface area contributed by atoms with Crippen LogP contribution in [0.1, 0.15) is 5.56 Å². The van der Waals surface area contributed by atoms with Crippen LogP contribution in [0.15, 0.2) is 12.1 Å². The largest absolute Gasteiger partial charge is 0.493 e. The third-order valence-electron chi connectivity index (χ3n) is 2.63. The van der Waals surface area contributed by atoms with Crippen LogP contribution in [0.25, 0.3) is 6.08 Å². The molecule has 0 aliphatic rings. The molecule has 6 nitrogen and oxygen atoms in total. The summed E-state index contributed by atoms with van der Waals surface area (Å²) in [7, 11) is 7.32. The molecule has 110 valence electrons. The van der Waals surface area contributed by atoms with Crippen molar-refractivity contribution in [1.29, 1.82) is 0 Å². The minimum Gasteiger partial charge on any atom is -0.493 e. The lowest BCUT2D eigenvalue weighted by molar-refractivity contribution is -0.134. The Labute approximate surface area is 117 Å². The molecule has 0 aliphatic heterocycles. The van der Waals surface area contributed by atoms with E-state index in [1.807, 2.05) is 0 Å². The smallest absolute Gasteiger partial charge is 0.330 e. The maximum absolute atomic E-state index is 11.2. The van der Waals surface area contributed by atoms with E-state index in [2.05, 4.69) is 4.74 Å².